The summed E-state index contributed by atoms with van der Waals surface area (Å²) in [6, 6.07) is 15.5. The van der Waals surface area contributed by atoms with Gasteiger partial charge < -0.3 is 4.42 Å². The van der Waals surface area contributed by atoms with E-state index in [4.69, 9.17) is 4.42 Å². The molecule has 24 heavy (non-hydrogen) atoms. The van der Waals surface area contributed by atoms with Gasteiger partial charge in [0, 0.05) is 10.7 Å². The van der Waals surface area contributed by atoms with Gasteiger partial charge in [-0.15, -0.1) is 0 Å². The van der Waals surface area contributed by atoms with Gasteiger partial charge in [-0.25, -0.2) is 5.43 Å². The quantitative estimate of drug-likeness (QED) is 0.519. The topological polar surface area (TPSA) is 54.6 Å². The summed E-state index contributed by atoms with van der Waals surface area (Å²) in [5.41, 5.74) is 3.49. The van der Waals surface area contributed by atoms with Crippen LogP contribution in [0.5, 0.6) is 0 Å². The molecule has 0 atom stereocenters. The number of fused-ring (bicyclic) bond motifs is 1. The van der Waals surface area contributed by atoms with Crippen molar-refractivity contribution in [3.8, 4) is 0 Å². The number of benzene rings is 2. The molecule has 1 aromatic heterocycles. The molecule has 3 aromatic rings. The largest absolute Gasteiger partial charge is 0.465 e. The van der Waals surface area contributed by atoms with E-state index in [1.807, 2.05) is 42.5 Å². The number of nitrogens with zero attached hydrogens (tertiary/aromatic N) is 1. The van der Waals surface area contributed by atoms with Crippen LogP contribution in [0.1, 0.15) is 11.3 Å². The second kappa shape index (κ2) is 7.75. The Morgan fingerprint density at radius 3 is 2.75 bits per heavy atom. The number of carbonyl (C=O) groups is 1. The maximum absolute atomic E-state index is 12.1. The van der Waals surface area contributed by atoms with Crippen molar-refractivity contribution in [2.75, 3.05) is 0 Å². The minimum Gasteiger partial charge on any atom is -0.465 e. The number of carbonyl (C=O) groups excluding carboxylic acids is 1. The fourth-order valence-corrected chi connectivity index (χ4v) is 2.85. The highest BCUT2D eigenvalue weighted by molar-refractivity contribution is 9.10. The van der Waals surface area contributed by atoms with Gasteiger partial charge in [-0.3, -0.25) is 4.79 Å². The van der Waals surface area contributed by atoms with Gasteiger partial charge >= 0.3 is 0 Å². The number of rotatable bonds is 5. The maximum Gasteiger partial charge on any atom is 0.244 e. The van der Waals surface area contributed by atoms with E-state index < -0.39 is 0 Å². The van der Waals surface area contributed by atoms with Gasteiger partial charge in [0.25, 0.3) is 0 Å². The third kappa shape index (κ3) is 4.00. The lowest BCUT2D eigenvalue weighted by Gasteiger charge is -2.07. The number of hydrogen-bond acceptors (Lipinski definition) is 3. The molecule has 0 aliphatic rings. The first-order valence-corrected chi connectivity index (χ1v) is 8.21. The van der Waals surface area contributed by atoms with E-state index in [2.05, 4.69) is 26.5 Å². The van der Waals surface area contributed by atoms with Gasteiger partial charge in [-0.1, -0.05) is 46.3 Å². The highest BCUT2D eigenvalue weighted by Gasteiger charge is 2.08. The molecular weight excluding hydrogens is 368 g/mol. The van der Waals surface area contributed by atoms with Crippen LogP contribution in [0.15, 0.2) is 74.9 Å². The zero-order valence-electron chi connectivity index (χ0n) is 12.8. The first kappa shape index (κ1) is 16.2. The summed E-state index contributed by atoms with van der Waals surface area (Å²) in [6.07, 6.45) is 6.85. The van der Waals surface area contributed by atoms with Gasteiger partial charge in [0.15, 0.2) is 0 Å². The van der Waals surface area contributed by atoms with Crippen LogP contribution in [0.4, 0.5) is 0 Å². The van der Waals surface area contributed by atoms with Crippen molar-refractivity contribution in [2.24, 2.45) is 5.10 Å². The van der Waals surface area contributed by atoms with E-state index >= 15 is 0 Å². The molecule has 4 nitrogen and oxygen atoms in total. The Labute approximate surface area is 148 Å². The molecule has 0 radical (unpaired) electrons. The molecule has 0 unspecified atom stereocenters. The molecule has 0 saturated carbocycles. The molecule has 0 aliphatic carbocycles. The molecule has 0 aliphatic heterocycles. The summed E-state index contributed by atoms with van der Waals surface area (Å²) in [5.74, 6) is 0.569. The van der Waals surface area contributed by atoms with Crippen LogP contribution in [0.2, 0.25) is 0 Å². The Kier molecular flexibility index (Phi) is 5.23. The smallest absolute Gasteiger partial charge is 0.244 e. The van der Waals surface area contributed by atoms with Crippen LogP contribution in [-0.4, -0.2) is 12.1 Å². The standard InChI is InChI=1S/C19H15BrN2O2/c20-18-10-9-14(16-7-1-2-8-17(16)18)13-19(23)22-21-11-3-5-15-6-4-12-24-15/h1-12H,13H2,(H,22,23). The highest BCUT2D eigenvalue weighted by atomic mass is 79.9. The normalized spacial score (nSPS) is 11.5. The van der Waals surface area contributed by atoms with Crippen molar-refractivity contribution in [1.82, 2.24) is 5.43 Å². The molecule has 2 aromatic carbocycles. The highest BCUT2D eigenvalue weighted by Crippen LogP contribution is 2.27. The number of allylic oxidation sites excluding steroid dienone is 1. The van der Waals surface area contributed by atoms with Crippen LogP contribution in [0, 0.1) is 0 Å². The van der Waals surface area contributed by atoms with E-state index in [1.54, 1.807) is 24.5 Å². The molecule has 1 heterocycles. The Morgan fingerprint density at radius 2 is 1.96 bits per heavy atom. The maximum atomic E-state index is 12.1. The summed E-state index contributed by atoms with van der Waals surface area (Å²) in [7, 11) is 0. The fraction of sp³-hybridized carbons (Fsp3) is 0.0526. The minimum atomic E-state index is -0.162. The van der Waals surface area contributed by atoms with Gasteiger partial charge in [0.05, 0.1) is 12.7 Å². The molecule has 0 spiro atoms. The number of hydrogen-bond donors (Lipinski definition) is 1. The minimum absolute atomic E-state index is 0.162. The molecular formula is C19H15BrN2O2. The molecule has 5 heteroatoms. The third-order valence-electron chi connectivity index (χ3n) is 3.47. The summed E-state index contributed by atoms with van der Waals surface area (Å²) in [4.78, 5) is 12.1. The zero-order chi connectivity index (χ0) is 16.8. The zero-order valence-corrected chi connectivity index (χ0v) is 14.4. The molecule has 0 saturated heterocycles. The first-order chi connectivity index (χ1) is 11.7. The number of furan rings is 1. The van der Waals surface area contributed by atoms with Crippen molar-refractivity contribution < 1.29 is 9.21 Å². The van der Waals surface area contributed by atoms with E-state index in [0.717, 1.165) is 26.6 Å². The number of hydrazone groups is 1. The number of nitrogens with one attached hydrogen (secondary N) is 1. The Morgan fingerprint density at radius 1 is 1.12 bits per heavy atom. The fourth-order valence-electron chi connectivity index (χ4n) is 2.37. The van der Waals surface area contributed by atoms with Gasteiger partial charge in [-0.05, 0) is 46.7 Å². The number of amides is 1. The van der Waals surface area contributed by atoms with E-state index in [0.29, 0.717) is 0 Å². The average molecular weight is 383 g/mol. The molecule has 0 fully saturated rings. The van der Waals surface area contributed by atoms with Crippen molar-refractivity contribution in [3.63, 3.8) is 0 Å². The number of halogens is 1. The van der Waals surface area contributed by atoms with Crippen molar-refractivity contribution in [3.05, 3.63) is 76.7 Å². The average Bonchev–Trinajstić information content (AvgIpc) is 3.11. The summed E-state index contributed by atoms with van der Waals surface area (Å²) in [6.45, 7) is 0. The third-order valence-corrected chi connectivity index (χ3v) is 4.16. The van der Waals surface area contributed by atoms with Gasteiger partial charge in [0.2, 0.25) is 5.91 Å². The monoisotopic (exact) mass is 382 g/mol. The predicted octanol–water partition coefficient (Wildman–Crippen LogP) is 4.55. The van der Waals surface area contributed by atoms with Crippen molar-refractivity contribution >= 4 is 44.9 Å². The molecule has 120 valence electrons. The van der Waals surface area contributed by atoms with Crippen molar-refractivity contribution in [2.45, 2.75) is 6.42 Å². The first-order valence-electron chi connectivity index (χ1n) is 7.42. The Hall–Kier alpha value is -2.66. The lowest BCUT2D eigenvalue weighted by Crippen LogP contribution is -2.19. The predicted molar refractivity (Wildman–Crippen MR) is 99.7 cm³/mol. The lowest BCUT2D eigenvalue weighted by atomic mass is 10.0. The lowest BCUT2D eigenvalue weighted by molar-refractivity contribution is -0.120. The summed E-state index contributed by atoms with van der Waals surface area (Å²) >= 11 is 3.53. The molecule has 0 bridgehead atoms. The summed E-state index contributed by atoms with van der Waals surface area (Å²) in [5, 5.41) is 6.05. The van der Waals surface area contributed by atoms with E-state index in [1.165, 1.54) is 6.21 Å². The van der Waals surface area contributed by atoms with Crippen molar-refractivity contribution in [1.29, 1.82) is 0 Å². The molecule has 1 N–H and O–H groups in total. The Bertz CT molecular complexity index is 899. The second-order valence-electron chi connectivity index (χ2n) is 5.12. The second-order valence-corrected chi connectivity index (χ2v) is 5.97. The Balaban J connectivity index is 1.62. The van der Waals surface area contributed by atoms with Crippen LogP contribution < -0.4 is 5.43 Å². The van der Waals surface area contributed by atoms with Crippen LogP contribution in [0.3, 0.4) is 0 Å². The SMILES string of the molecule is O=C(Cc1ccc(Br)c2ccccc12)NN=CC=Cc1ccco1. The summed E-state index contributed by atoms with van der Waals surface area (Å²) < 4.78 is 6.17. The van der Waals surface area contributed by atoms with Crippen LogP contribution >= 0.6 is 15.9 Å². The van der Waals surface area contributed by atoms with Crippen LogP contribution in [0.25, 0.3) is 16.8 Å². The van der Waals surface area contributed by atoms with E-state index in [-0.39, 0.29) is 12.3 Å². The van der Waals surface area contributed by atoms with Crippen LogP contribution in [-0.2, 0) is 11.2 Å². The van der Waals surface area contributed by atoms with Gasteiger partial charge in [-0.2, -0.15) is 5.10 Å². The van der Waals surface area contributed by atoms with E-state index in [9.17, 15) is 4.79 Å². The molecule has 1 amide bonds. The molecule has 3 rings (SSSR count). The van der Waals surface area contributed by atoms with Gasteiger partial charge in [0.1, 0.15) is 5.76 Å².